The first-order valence-corrected chi connectivity index (χ1v) is 16.6. The van der Waals surface area contributed by atoms with Gasteiger partial charge in [0, 0.05) is 0 Å². The minimum atomic E-state index is -0.463. The molecule has 0 amide bonds. The van der Waals surface area contributed by atoms with Crippen molar-refractivity contribution in [3.63, 3.8) is 0 Å². The first-order chi connectivity index (χ1) is 16.7. The van der Waals surface area contributed by atoms with Crippen molar-refractivity contribution in [1.82, 2.24) is 0 Å². The summed E-state index contributed by atoms with van der Waals surface area (Å²) >= 11 is 3.60. The quantitative estimate of drug-likeness (QED) is 0.0527. The molecule has 0 aromatic rings. The van der Waals surface area contributed by atoms with Crippen molar-refractivity contribution >= 4 is 15.9 Å². The van der Waals surface area contributed by atoms with E-state index in [-0.39, 0.29) is 0 Å². The monoisotopic (exact) mass is 546 g/mol. The van der Waals surface area contributed by atoms with Crippen LogP contribution in [0, 0.1) is 0 Å². The molecule has 0 N–H and O–H groups in total. The van der Waals surface area contributed by atoms with E-state index < -0.39 is 5.79 Å². The normalized spacial score (nSPS) is 12.0. The maximum Gasteiger partial charge on any atom is 0.175 e. The van der Waals surface area contributed by atoms with E-state index in [1.54, 1.807) is 0 Å². The van der Waals surface area contributed by atoms with Crippen molar-refractivity contribution in [2.24, 2.45) is 0 Å². The van der Waals surface area contributed by atoms with E-state index in [4.69, 9.17) is 9.47 Å². The zero-order valence-corrected chi connectivity index (χ0v) is 25.4. The van der Waals surface area contributed by atoms with Gasteiger partial charge in [0.15, 0.2) is 5.79 Å². The fourth-order valence-corrected chi connectivity index (χ4v) is 4.90. The second-order valence-electron chi connectivity index (χ2n) is 10.7. The Balaban J connectivity index is 3.42. The van der Waals surface area contributed by atoms with E-state index in [1.165, 1.54) is 141 Å². The Morgan fingerprint density at radius 3 is 0.882 bits per heavy atom. The molecule has 0 unspecified atom stereocenters. The summed E-state index contributed by atoms with van der Waals surface area (Å²) in [6, 6.07) is 0. The molecule has 0 bridgehead atoms. The Hall–Kier alpha value is 0.400. The van der Waals surface area contributed by atoms with Gasteiger partial charge in [-0.1, -0.05) is 171 Å². The summed E-state index contributed by atoms with van der Waals surface area (Å²) in [5.41, 5.74) is 0. The van der Waals surface area contributed by atoms with Gasteiger partial charge < -0.3 is 9.47 Å². The van der Waals surface area contributed by atoms with Crippen LogP contribution in [0.3, 0.4) is 0 Å². The predicted octanol–water partition coefficient (Wildman–Crippen LogP) is 11.5. The van der Waals surface area contributed by atoms with Gasteiger partial charge >= 0.3 is 0 Å². The zero-order chi connectivity index (χ0) is 25.0. The van der Waals surface area contributed by atoms with Crippen molar-refractivity contribution in [3.8, 4) is 0 Å². The number of halogens is 1. The molecule has 0 rings (SSSR count). The molecule has 206 valence electrons. The molecule has 3 heteroatoms. The Bertz CT molecular complexity index is 344. The number of ether oxygens (including phenoxy) is 2. The molecule has 0 atom stereocenters. The summed E-state index contributed by atoms with van der Waals surface area (Å²) in [5, 5.41) is 0.747. The molecule has 34 heavy (non-hydrogen) atoms. The van der Waals surface area contributed by atoms with Crippen LogP contribution >= 0.6 is 15.9 Å². The van der Waals surface area contributed by atoms with Crippen LogP contribution in [-0.4, -0.2) is 24.3 Å². The van der Waals surface area contributed by atoms with E-state index in [9.17, 15) is 0 Å². The summed E-state index contributed by atoms with van der Waals surface area (Å²) in [6.45, 7) is 8.30. The molecule has 0 aliphatic heterocycles. The molecule has 0 heterocycles. The van der Waals surface area contributed by atoms with E-state index in [0.29, 0.717) is 0 Å². The highest BCUT2D eigenvalue weighted by Gasteiger charge is 2.23. The third kappa shape index (κ3) is 25.5. The average molecular weight is 548 g/mol. The molecule has 2 nitrogen and oxygen atoms in total. The second kappa shape index (κ2) is 28.0. The van der Waals surface area contributed by atoms with Gasteiger partial charge in [0.2, 0.25) is 0 Å². The van der Waals surface area contributed by atoms with Crippen molar-refractivity contribution in [2.45, 2.75) is 181 Å². The maximum atomic E-state index is 6.11. The van der Waals surface area contributed by atoms with Crippen molar-refractivity contribution in [1.29, 1.82) is 0 Å². The maximum absolute atomic E-state index is 6.11. The van der Waals surface area contributed by atoms with Crippen LogP contribution in [0.25, 0.3) is 0 Å². The predicted molar refractivity (Wildman–Crippen MR) is 156 cm³/mol. The highest BCUT2D eigenvalue weighted by molar-refractivity contribution is 9.09. The number of unbranched alkanes of at least 4 members (excludes halogenated alkanes) is 22. The highest BCUT2D eigenvalue weighted by atomic mass is 79.9. The van der Waals surface area contributed by atoms with Gasteiger partial charge in [-0.05, 0) is 19.8 Å². The van der Waals surface area contributed by atoms with Crippen LogP contribution < -0.4 is 0 Å². The summed E-state index contributed by atoms with van der Waals surface area (Å²) in [7, 11) is 0. The molecule has 0 saturated heterocycles. The van der Waals surface area contributed by atoms with Crippen molar-refractivity contribution in [3.05, 3.63) is 0 Å². The minimum absolute atomic E-state index is 0.463. The van der Waals surface area contributed by atoms with Crippen LogP contribution in [0.2, 0.25) is 0 Å². The molecule has 0 spiro atoms. The molecular weight excluding hydrogens is 484 g/mol. The lowest BCUT2D eigenvalue weighted by Crippen LogP contribution is -2.35. The summed E-state index contributed by atoms with van der Waals surface area (Å²) in [4.78, 5) is 0. The minimum Gasteiger partial charge on any atom is -0.349 e. The van der Waals surface area contributed by atoms with E-state index in [2.05, 4.69) is 36.7 Å². The molecule has 0 aromatic heterocycles. The fourth-order valence-electron chi connectivity index (χ4n) is 4.58. The molecule has 0 fully saturated rings. The van der Waals surface area contributed by atoms with Gasteiger partial charge in [0.05, 0.1) is 18.5 Å². The Morgan fingerprint density at radius 1 is 0.412 bits per heavy atom. The van der Waals surface area contributed by atoms with Gasteiger partial charge in [0.25, 0.3) is 0 Å². The van der Waals surface area contributed by atoms with Crippen LogP contribution in [0.4, 0.5) is 0 Å². The van der Waals surface area contributed by atoms with Gasteiger partial charge in [-0.2, -0.15) is 0 Å². The summed E-state index contributed by atoms with van der Waals surface area (Å²) in [5.74, 6) is -0.463. The zero-order valence-electron chi connectivity index (χ0n) is 23.8. The SMILES string of the molecule is CCCCCCCCCCCCCCOC(C)(CBr)OCCCCCCCCCCCCCC. The van der Waals surface area contributed by atoms with E-state index in [0.717, 1.165) is 31.4 Å². The molecule has 0 aliphatic rings. The lowest BCUT2D eigenvalue weighted by molar-refractivity contribution is -0.209. The molecule has 0 saturated carbocycles. The average Bonchev–Trinajstić information content (AvgIpc) is 2.85. The fraction of sp³-hybridized carbons (Fsp3) is 1.00. The van der Waals surface area contributed by atoms with Gasteiger partial charge in [0.1, 0.15) is 0 Å². The van der Waals surface area contributed by atoms with Crippen LogP contribution in [0.1, 0.15) is 175 Å². The number of hydrogen-bond acceptors (Lipinski definition) is 2. The first-order valence-electron chi connectivity index (χ1n) is 15.5. The Kier molecular flexibility index (Phi) is 28.3. The molecule has 0 radical (unpaired) electrons. The van der Waals surface area contributed by atoms with Crippen molar-refractivity contribution in [2.75, 3.05) is 18.5 Å². The van der Waals surface area contributed by atoms with Gasteiger partial charge in [-0.3, -0.25) is 0 Å². The third-order valence-corrected chi connectivity index (χ3v) is 8.07. The first kappa shape index (κ1) is 34.4. The highest BCUT2D eigenvalue weighted by Crippen LogP contribution is 2.19. The summed E-state index contributed by atoms with van der Waals surface area (Å²) in [6.07, 6.45) is 33.1. The lowest BCUT2D eigenvalue weighted by Gasteiger charge is -2.28. The van der Waals surface area contributed by atoms with Crippen LogP contribution in [0.5, 0.6) is 0 Å². The largest absolute Gasteiger partial charge is 0.349 e. The third-order valence-electron chi connectivity index (χ3n) is 7.05. The molecule has 0 aliphatic carbocycles. The number of hydrogen-bond donors (Lipinski definition) is 0. The topological polar surface area (TPSA) is 18.5 Å². The Morgan fingerprint density at radius 2 is 0.647 bits per heavy atom. The van der Waals surface area contributed by atoms with Gasteiger partial charge in [-0.25, -0.2) is 0 Å². The number of alkyl halides is 1. The standard InChI is InChI=1S/C31H63BrO2/c1-4-6-8-10-12-14-16-18-20-22-24-26-28-33-31(3,30-32)34-29-27-25-23-21-19-17-15-13-11-9-7-5-2/h4-30H2,1-3H3. The summed E-state index contributed by atoms with van der Waals surface area (Å²) < 4.78 is 12.2. The van der Waals surface area contributed by atoms with Crippen molar-refractivity contribution < 1.29 is 9.47 Å². The number of rotatable bonds is 29. The van der Waals surface area contributed by atoms with E-state index >= 15 is 0 Å². The molecule has 0 aromatic carbocycles. The smallest absolute Gasteiger partial charge is 0.175 e. The lowest BCUT2D eigenvalue weighted by atomic mass is 10.1. The Labute approximate surface area is 224 Å². The van der Waals surface area contributed by atoms with Gasteiger partial charge in [-0.15, -0.1) is 0 Å². The molecular formula is C31H63BrO2. The van der Waals surface area contributed by atoms with Crippen LogP contribution in [0.15, 0.2) is 0 Å². The second-order valence-corrected chi connectivity index (χ2v) is 11.3. The van der Waals surface area contributed by atoms with E-state index in [1.807, 2.05) is 0 Å². The van der Waals surface area contributed by atoms with Crippen LogP contribution in [-0.2, 0) is 9.47 Å².